The van der Waals surface area contributed by atoms with Crippen LogP contribution < -0.4 is 10.6 Å². The molecule has 1 aromatic rings. The number of nitrogens with two attached hydrogens (primary N) is 1. The quantitative estimate of drug-likeness (QED) is 0.764. The summed E-state index contributed by atoms with van der Waals surface area (Å²) >= 11 is 0. The summed E-state index contributed by atoms with van der Waals surface area (Å²) in [5.74, 6) is 0.835. The fraction of sp³-hybridized carbons (Fsp3) is 0.417. The number of carbonyl (C=O) groups is 1. The van der Waals surface area contributed by atoms with Crippen molar-refractivity contribution in [1.29, 1.82) is 5.26 Å². The van der Waals surface area contributed by atoms with Gasteiger partial charge >= 0.3 is 0 Å². The number of amides is 1. The van der Waals surface area contributed by atoms with Crippen molar-refractivity contribution in [1.82, 2.24) is 9.88 Å². The van der Waals surface area contributed by atoms with Crippen LogP contribution in [-0.4, -0.2) is 42.0 Å². The first-order valence-corrected chi connectivity index (χ1v) is 5.79. The molecule has 0 unspecified atom stereocenters. The molecule has 1 amide bonds. The number of nitrogen functional groups attached to an aromatic ring is 1. The summed E-state index contributed by atoms with van der Waals surface area (Å²) in [7, 11) is 0. The maximum atomic E-state index is 11.2. The van der Waals surface area contributed by atoms with Crippen LogP contribution >= 0.6 is 0 Å². The van der Waals surface area contributed by atoms with E-state index in [0.717, 1.165) is 18.9 Å². The molecule has 1 saturated heterocycles. The molecular weight excluding hydrogens is 230 g/mol. The van der Waals surface area contributed by atoms with Crippen LogP contribution in [0, 0.1) is 11.3 Å². The first-order chi connectivity index (χ1) is 8.61. The van der Waals surface area contributed by atoms with Crippen LogP contribution in [0.1, 0.15) is 12.6 Å². The van der Waals surface area contributed by atoms with Gasteiger partial charge in [-0.05, 0) is 12.1 Å². The van der Waals surface area contributed by atoms with E-state index in [1.807, 2.05) is 6.07 Å². The zero-order valence-corrected chi connectivity index (χ0v) is 10.3. The van der Waals surface area contributed by atoms with Gasteiger partial charge in [0, 0.05) is 33.1 Å². The van der Waals surface area contributed by atoms with Crippen LogP contribution in [0.25, 0.3) is 0 Å². The Balaban J connectivity index is 2.10. The minimum Gasteiger partial charge on any atom is -0.396 e. The molecular formula is C12H15N5O. The van der Waals surface area contributed by atoms with E-state index in [-0.39, 0.29) is 11.6 Å². The highest BCUT2D eigenvalue weighted by atomic mass is 16.2. The Morgan fingerprint density at radius 3 is 2.61 bits per heavy atom. The number of hydrogen-bond acceptors (Lipinski definition) is 5. The molecule has 0 aromatic carbocycles. The zero-order valence-electron chi connectivity index (χ0n) is 10.3. The molecule has 1 aromatic heterocycles. The summed E-state index contributed by atoms with van der Waals surface area (Å²) in [6.45, 7) is 4.39. The molecule has 0 aliphatic carbocycles. The minimum atomic E-state index is 0.0950. The highest BCUT2D eigenvalue weighted by Crippen LogP contribution is 2.17. The Hall–Kier alpha value is -2.29. The third kappa shape index (κ3) is 2.35. The van der Waals surface area contributed by atoms with Crippen LogP contribution in [0.5, 0.6) is 0 Å². The van der Waals surface area contributed by atoms with Gasteiger partial charge in [-0.25, -0.2) is 4.98 Å². The van der Waals surface area contributed by atoms with Gasteiger partial charge in [0.1, 0.15) is 11.9 Å². The second-order valence-corrected chi connectivity index (χ2v) is 4.21. The summed E-state index contributed by atoms with van der Waals surface area (Å²) < 4.78 is 0. The van der Waals surface area contributed by atoms with Crippen molar-refractivity contribution in [2.45, 2.75) is 6.92 Å². The van der Waals surface area contributed by atoms with Gasteiger partial charge in [-0.1, -0.05) is 0 Å². The van der Waals surface area contributed by atoms with Gasteiger partial charge in [-0.2, -0.15) is 5.26 Å². The van der Waals surface area contributed by atoms with E-state index in [4.69, 9.17) is 11.0 Å². The normalized spacial score (nSPS) is 15.3. The fourth-order valence-corrected chi connectivity index (χ4v) is 1.98. The molecule has 2 heterocycles. The van der Waals surface area contributed by atoms with Crippen LogP contribution in [0.4, 0.5) is 11.5 Å². The van der Waals surface area contributed by atoms with E-state index in [0.29, 0.717) is 18.8 Å². The van der Waals surface area contributed by atoms with Gasteiger partial charge in [-0.3, -0.25) is 4.79 Å². The summed E-state index contributed by atoms with van der Waals surface area (Å²) in [5.41, 5.74) is 6.28. The van der Waals surface area contributed by atoms with Crippen molar-refractivity contribution in [2.24, 2.45) is 0 Å². The van der Waals surface area contributed by atoms with E-state index in [9.17, 15) is 4.79 Å². The van der Waals surface area contributed by atoms with E-state index < -0.39 is 0 Å². The number of anilines is 2. The Bertz CT molecular complexity index is 500. The lowest BCUT2D eigenvalue weighted by molar-refractivity contribution is -0.129. The summed E-state index contributed by atoms with van der Waals surface area (Å²) in [5, 5.41) is 8.89. The molecule has 6 nitrogen and oxygen atoms in total. The second kappa shape index (κ2) is 4.92. The van der Waals surface area contributed by atoms with Gasteiger partial charge in [0.15, 0.2) is 5.69 Å². The number of carbonyl (C=O) groups excluding carboxylic acids is 1. The first kappa shape index (κ1) is 12.2. The van der Waals surface area contributed by atoms with Gasteiger partial charge in [0.25, 0.3) is 0 Å². The number of rotatable bonds is 1. The number of nitrogens with zero attached hydrogens (tertiary/aromatic N) is 4. The van der Waals surface area contributed by atoms with Crippen molar-refractivity contribution < 1.29 is 4.79 Å². The molecule has 2 rings (SSSR count). The lowest BCUT2D eigenvalue weighted by Gasteiger charge is -2.34. The molecule has 94 valence electrons. The lowest BCUT2D eigenvalue weighted by Crippen LogP contribution is -2.48. The topological polar surface area (TPSA) is 86.3 Å². The smallest absolute Gasteiger partial charge is 0.219 e. The maximum absolute atomic E-state index is 11.2. The maximum Gasteiger partial charge on any atom is 0.219 e. The van der Waals surface area contributed by atoms with Crippen LogP contribution in [-0.2, 0) is 4.79 Å². The fourth-order valence-electron chi connectivity index (χ4n) is 1.98. The third-order valence-corrected chi connectivity index (χ3v) is 3.07. The summed E-state index contributed by atoms with van der Waals surface area (Å²) in [6, 6.07) is 5.47. The van der Waals surface area contributed by atoms with Gasteiger partial charge < -0.3 is 15.5 Å². The van der Waals surface area contributed by atoms with E-state index in [2.05, 4.69) is 9.88 Å². The standard InChI is InChI=1S/C12H15N5O/c1-9(18)16-4-6-17(7-5-16)12-3-2-10(14)11(8-13)15-12/h2-3H,4-7,14H2,1H3. The predicted octanol–water partition coefficient (Wildman–Crippen LogP) is 0.204. The summed E-state index contributed by atoms with van der Waals surface area (Å²) in [6.07, 6.45) is 0. The molecule has 6 heteroatoms. The Kier molecular flexibility index (Phi) is 3.33. The molecule has 0 saturated carbocycles. The molecule has 0 spiro atoms. The van der Waals surface area contributed by atoms with Crippen LogP contribution in [0.3, 0.4) is 0 Å². The first-order valence-electron chi connectivity index (χ1n) is 5.79. The summed E-state index contributed by atoms with van der Waals surface area (Å²) in [4.78, 5) is 19.3. The number of aromatic nitrogens is 1. The van der Waals surface area contributed by atoms with Crippen molar-refractivity contribution in [2.75, 3.05) is 36.8 Å². The molecule has 0 atom stereocenters. The van der Waals surface area contributed by atoms with Gasteiger partial charge in [-0.15, -0.1) is 0 Å². The molecule has 0 bridgehead atoms. The highest BCUT2D eigenvalue weighted by molar-refractivity contribution is 5.73. The second-order valence-electron chi connectivity index (χ2n) is 4.21. The van der Waals surface area contributed by atoms with Crippen molar-refractivity contribution in [3.63, 3.8) is 0 Å². The van der Waals surface area contributed by atoms with E-state index in [1.165, 1.54) is 0 Å². The Labute approximate surface area is 106 Å². The molecule has 1 aliphatic rings. The molecule has 18 heavy (non-hydrogen) atoms. The molecule has 1 fully saturated rings. The average Bonchev–Trinajstić information content (AvgIpc) is 2.39. The van der Waals surface area contributed by atoms with Crippen LogP contribution in [0.15, 0.2) is 12.1 Å². The van der Waals surface area contributed by atoms with Crippen molar-refractivity contribution in [3.8, 4) is 6.07 Å². The average molecular weight is 245 g/mol. The SMILES string of the molecule is CC(=O)N1CCN(c2ccc(N)c(C#N)n2)CC1. The molecule has 1 aliphatic heterocycles. The Morgan fingerprint density at radius 2 is 2.06 bits per heavy atom. The number of nitriles is 1. The van der Waals surface area contributed by atoms with Gasteiger partial charge in [0.2, 0.25) is 5.91 Å². The van der Waals surface area contributed by atoms with Crippen molar-refractivity contribution >= 4 is 17.4 Å². The van der Waals surface area contributed by atoms with E-state index in [1.54, 1.807) is 24.0 Å². The third-order valence-electron chi connectivity index (χ3n) is 3.07. The number of pyridine rings is 1. The molecule has 2 N–H and O–H groups in total. The Morgan fingerprint density at radius 1 is 1.39 bits per heavy atom. The largest absolute Gasteiger partial charge is 0.396 e. The van der Waals surface area contributed by atoms with Gasteiger partial charge in [0.05, 0.1) is 5.69 Å². The predicted molar refractivity (Wildman–Crippen MR) is 67.8 cm³/mol. The zero-order chi connectivity index (χ0) is 13.1. The molecule has 0 radical (unpaired) electrons. The number of hydrogen-bond donors (Lipinski definition) is 1. The monoisotopic (exact) mass is 245 g/mol. The minimum absolute atomic E-state index is 0.0950. The van der Waals surface area contributed by atoms with E-state index >= 15 is 0 Å². The highest BCUT2D eigenvalue weighted by Gasteiger charge is 2.19. The van der Waals surface area contributed by atoms with Crippen LogP contribution in [0.2, 0.25) is 0 Å². The lowest BCUT2D eigenvalue weighted by atomic mass is 10.2. The number of piperazine rings is 1. The van der Waals surface area contributed by atoms with Crippen molar-refractivity contribution in [3.05, 3.63) is 17.8 Å².